The quantitative estimate of drug-likeness (QED) is 0.899. The third-order valence-electron chi connectivity index (χ3n) is 4.61. The van der Waals surface area contributed by atoms with Gasteiger partial charge in [0.15, 0.2) is 0 Å². The number of fused-ring (bicyclic) bond motifs is 1. The van der Waals surface area contributed by atoms with Crippen LogP contribution in [0, 0.1) is 12.3 Å². The summed E-state index contributed by atoms with van der Waals surface area (Å²) in [6.07, 6.45) is 2.67. The second-order valence-corrected chi connectivity index (χ2v) is 6.31. The molecule has 2 aromatic rings. The number of benzene rings is 1. The molecule has 3 rings (SSSR count). The van der Waals surface area contributed by atoms with Crippen molar-refractivity contribution in [3.05, 3.63) is 41.6 Å². The molecule has 4 nitrogen and oxygen atoms in total. The zero-order valence-electron chi connectivity index (χ0n) is 13.4. The number of aromatic nitrogens is 1. The first kappa shape index (κ1) is 19.7. The summed E-state index contributed by atoms with van der Waals surface area (Å²) in [7, 11) is 0. The summed E-state index contributed by atoms with van der Waals surface area (Å²) in [5.74, 6) is 0.0722. The van der Waals surface area contributed by atoms with Crippen molar-refractivity contribution in [3.63, 3.8) is 0 Å². The lowest BCUT2D eigenvalue weighted by Crippen LogP contribution is -2.34. The molecule has 1 unspecified atom stereocenters. The first-order valence-corrected chi connectivity index (χ1v) is 7.38. The Kier molecular flexibility index (Phi) is 6.40. The van der Waals surface area contributed by atoms with Crippen LogP contribution in [-0.4, -0.2) is 35.4 Å². The molecular formula is C17H23Cl2N3O. The number of halogens is 2. The Morgan fingerprint density at radius 3 is 2.70 bits per heavy atom. The Morgan fingerprint density at radius 1 is 1.35 bits per heavy atom. The summed E-state index contributed by atoms with van der Waals surface area (Å²) in [5, 5.41) is 1.05. The minimum absolute atomic E-state index is 0. The highest BCUT2D eigenvalue weighted by molar-refractivity contribution is 6.00. The van der Waals surface area contributed by atoms with Gasteiger partial charge in [0.25, 0.3) is 5.91 Å². The number of aryl methyl sites for hydroxylation is 1. The van der Waals surface area contributed by atoms with Crippen LogP contribution in [0.25, 0.3) is 10.9 Å². The van der Waals surface area contributed by atoms with Crippen LogP contribution in [0.1, 0.15) is 29.3 Å². The third-order valence-corrected chi connectivity index (χ3v) is 4.61. The number of carbonyl (C=O) groups excluding carboxylic acids is 1. The molecule has 0 bridgehead atoms. The zero-order chi connectivity index (χ0) is 15.0. The van der Waals surface area contributed by atoms with Crippen LogP contribution < -0.4 is 5.73 Å². The Bertz CT molecular complexity index is 707. The average Bonchev–Trinajstić information content (AvgIpc) is 2.91. The maximum atomic E-state index is 12.8. The van der Waals surface area contributed by atoms with E-state index in [1.165, 1.54) is 0 Å². The van der Waals surface area contributed by atoms with Crippen molar-refractivity contribution >= 4 is 41.6 Å². The van der Waals surface area contributed by atoms with E-state index in [9.17, 15) is 4.79 Å². The van der Waals surface area contributed by atoms with E-state index < -0.39 is 0 Å². The number of nitrogens with two attached hydrogens (primary N) is 1. The van der Waals surface area contributed by atoms with E-state index in [-0.39, 0.29) is 36.1 Å². The van der Waals surface area contributed by atoms with E-state index in [0.717, 1.165) is 36.0 Å². The highest BCUT2D eigenvalue weighted by Gasteiger charge is 2.35. The van der Waals surface area contributed by atoms with Crippen LogP contribution >= 0.6 is 24.8 Å². The maximum Gasteiger partial charge on any atom is 0.255 e. The highest BCUT2D eigenvalue weighted by Crippen LogP contribution is 2.30. The minimum atomic E-state index is 0. The van der Waals surface area contributed by atoms with Gasteiger partial charge in [-0.1, -0.05) is 25.1 Å². The molecule has 1 fully saturated rings. The van der Waals surface area contributed by atoms with E-state index in [2.05, 4.69) is 11.9 Å². The molecule has 1 aliphatic heterocycles. The number of nitrogens with zero attached hydrogens (tertiary/aromatic N) is 2. The molecule has 0 spiro atoms. The molecular weight excluding hydrogens is 333 g/mol. The number of hydrogen-bond donors (Lipinski definition) is 1. The lowest BCUT2D eigenvalue weighted by atomic mass is 9.90. The normalized spacial score (nSPS) is 20.0. The molecule has 1 aromatic heterocycles. The predicted octanol–water partition coefficient (Wildman–Crippen LogP) is 3.20. The van der Waals surface area contributed by atoms with Gasteiger partial charge < -0.3 is 10.6 Å². The molecule has 0 radical (unpaired) electrons. The van der Waals surface area contributed by atoms with Crippen LogP contribution in [0.5, 0.6) is 0 Å². The number of amides is 1. The molecule has 1 atom stereocenters. The van der Waals surface area contributed by atoms with Crippen LogP contribution in [0.2, 0.25) is 0 Å². The van der Waals surface area contributed by atoms with Gasteiger partial charge >= 0.3 is 0 Å². The maximum absolute atomic E-state index is 12.8. The van der Waals surface area contributed by atoms with Crippen molar-refractivity contribution in [1.82, 2.24) is 9.88 Å². The minimum Gasteiger partial charge on any atom is -0.338 e. The monoisotopic (exact) mass is 355 g/mol. The molecule has 1 aromatic carbocycles. The first-order chi connectivity index (χ1) is 10.0. The molecule has 23 heavy (non-hydrogen) atoms. The fourth-order valence-corrected chi connectivity index (χ4v) is 3.03. The smallest absolute Gasteiger partial charge is 0.255 e. The van der Waals surface area contributed by atoms with Crippen molar-refractivity contribution in [2.75, 3.05) is 19.6 Å². The van der Waals surface area contributed by atoms with Gasteiger partial charge in [-0.2, -0.15) is 0 Å². The van der Waals surface area contributed by atoms with Crippen molar-refractivity contribution in [1.29, 1.82) is 0 Å². The van der Waals surface area contributed by atoms with Gasteiger partial charge in [-0.25, -0.2) is 0 Å². The fourth-order valence-electron chi connectivity index (χ4n) is 3.03. The highest BCUT2D eigenvalue weighted by atomic mass is 35.5. The van der Waals surface area contributed by atoms with Crippen LogP contribution in [-0.2, 0) is 0 Å². The molecule has 2 N–H and O–H groups in total. The number of likely N-dealkylation sites (tertiary alicyclic amines) is 1. The summed E-state index contributed by atoms with van der Waals surface area (Å²) >= 11 is 0. The van der Waals surface area contributed by atoms with E-state index in [1.807, 2.05) is 36.1 Å². The summed E-state index contributed by atoms with van der Waals surface area (Å²) in [6, 6.07) is 7.93. The van der Waals surface area contributed by atoms with Crippen molar-refractivity contribution in [2.24, 2.45) is 11.1 Å². The van der Waals surface area contributed by atoms with E-state index in [0.29, 0.717) is 12.1 Å². The Morgan fingerprint density at radius 2 is 2.04 bits per heavy atom. The molecule has 0 aliphatic carbocycles. The number of rotatable bonds is 2. The van der Waals surface area contributed by atoms with Crippen molar-refractivity contribution in [2.45, 2.75) is 20.3 Å². The number of hydrogen-bond acceptors (Lipinski definition) is 3. The third kappa shape index (κ3) is 3.60. The molecule has 1 saturated heterocycles. The number of pyridine rings is 1. The number of carbonyl (C=O) groups is 1. The lowest BCUT2D eigenvalue weighted by molar-refractivity contribution is 0.0776. The topological polar surface area (TPSA) is 59.2 Å². The van der Waals surface area contributed by atoms with Gasteiger partial charge in [-0.15, -0.1) is 24.8 Å². The van der Waals surface area contributed by atoms with Gasteiger partial charge in [-0.3, -0.25) is 9.78 Å². The largest absolute Gasteiger partial charge is 0.338 e. The zero-order valence-corrected chi connectivity index (χ0v) is 15.0. The van der Waals surface area contributed by atoms with Gasteiger partial charge in [0.1, 0.15) is 0 Å². The Hall–Kier alpha value is -1.36. The van der Waals surface area contributed by atoms with Gasteiger partial charge in [0, 0.05) is 24.7 Å². The Balaban J connectivity index is 0.00000132. The second kappa shape index (κ2) is 7.47. The summed E-state index contributed by atoms with van der Waals surface area (Å²) < 4.78 is 0. The van der Waals surface area contributed by atoms with E-state index in [1.54, 1.807) is 6.20 Å². The van der Waals surface area contributed by atoms with Gasteiger partial charge in [0.05, 0.1) is 11.1 Å². The molecule has 1 amide bonds. The van der Waals surface area contributed by atoms with E-state index in [4.69, 9.17) is 5.73 Å². The van der Waals surface area contributed by atoms with Crippen LogP contribution in [0.3, 0.4) is 0 Å². The lowest BCUT2D eigenvalue weighted by Gasteiger charge is -2.23. The fraction of sp³-hybridized carbons (Fsp3) is 0.412. The molecule has 1 aliphatic rings. The van der Waals surface area contributed by atoms with Crippen molar-refractivity contribution < 1.29 is 4.79 Å². The summed E-state index contributed by atoms with van der Waals surface area (Å²) in [6.45, 7) is 6.26. The predicted molar refractivity (Wildman–Crippen MR) is 98.7 cm³/mol. The van der Waals surface area contributed by atoms with Crippen molar-refractivity contribution in [3.8, 4) is 0 Å². The Labute approximate surface area is 149 Å². The molecule has 126 valence electrons. The molecule has 6 heteroatoms. The summed E-state index contributed by atoms with van der Waals surface area (Å²) in [4.78, 5) is 19.1. The molecule has 2 heterocycles. The average molecular weight is 356 g/mol. The first-order valence-electron chi connectivity index (χ1n) is 7.38. The van der Waals surface area contributed by atoms with Gasteiger partial charge in [-0.05, 0) is 36.9 Å². The van der Waals surface area contributed by atoms with Gasteiger partial charge in [0.2, 0.25) is 0 Å². The van der Waals surface area contributed by atoms with Crippen LogP contribution in [0.4, 0.5) is 0 Å². The van der Waals surface area contributed by atoms with E-state index >= 15 is 0 Å². The second-order valence-electron chi connectivity index (χ2n) is 6.31. The SMILES string of the molecule is Cc1c(C(=O)N2CCC(C)(CN)C2)cnc2ccccc12.Cl.Cl. The molecule has 0 saturated carbocycles. The van der Waals surface area contributed by atoms with Crippen LogP contribution in [0.15, 0.2) is 30.5 Å². The standard InChI is InChI=1S/C17H21N3O.2ClH/c1-12-13-5-3-4-6-15(13)19-9-14(12)16(21)20-8-7-17(2,10-18)11-20;;/h3-6,9H,7-8,10-11,18H2,1-2H3;2*1H. The number of para-hydroxylation sites is 1. The summed E-state index contributed by atoms with van der Waals surface area (Å²) in [5.41, 5.74) is 8.51.